The number of ether oxygens (including phenoxy) is 1. The first-order chi connectivity index (χ1) is 14.9. The van der Waals surface area contributed by atoms with Gasteiger partial charge in [0.25, 0.3) is 0 Å². The van der Waals surface area contributed by atoms with Crippen LogP contribution in [0, 0.1) is 11.6 Å². The number of nitrogens with one attached hydrogen (secondary N) is 2. The second kappa shape index (κ2) is 10.0. The molecule has 31 heavy (non-hydrogen) atoms. The van der Waals surface area contributed by atoms with Gasteiger partial charge >= 0.3 is 0 Å². The molecule has 1 amide bonds. The Morgan fingerprint density at radius 2 is 1.94 bits per heavy atom. The fourth-order valence-corrected chi connectivity index (χ4v) is 3.26. The third-order valence-corrected chi connectivity index (χ3v) is 5.21. The zero-order valence-corrected chi connectivity index (χ0v) is 17.5. The predicted molar refractivity (Wildman–Crippen MR) is 116 cm³/mol. The van der Waals surface area contributed by atoms with E-state index in [4.69, 9.17) is 10.5 Å². The van der Waals surface area contributed by atoms with Crippen LogP contribution in [0.2, 0.25) is 0 Å². The highest BCUT2D eigenvalue weighted by atomic mass is 32.2. The number of thioether (sulfide) groups is 1. The lowest BCUT2D eigenvalue weighted by Gasteiger charge is -2.13. The minimum Gasteiger partial charge on any atom is -0.495 e. The molecule has 0 radical (unpaired) electrons. The van der Waals surface area contributed by atoms with Crippen molar-refractivity contribution in [3.05, 3.63) is 59.9 Å². The molecule has 0 bridgehead atoms. The molecule has 1 heterocycles. The number of hydrogen-bond donors (Lipinski definition) is 3. The second-order valence-corrected chi connectivity index (χ2v) is 7.66. The van der Waals surface area contributed by atoms with Crippen molar-refractivity contribution in [2.45, 2.75) is 17.9 Å². The number of anilines is 4. The molecule has 0 aliphatic rings. The lowest BCUT2D eigenvalue weighted by Crippen LogP contribution is -2.23. The number of hydrogen-bond acceptors (Lipinski definition) is 8. The van der Waals surface area contributed by atoms with Crippen LogP contribution < -0.4 is 21.1 Å². The molecule has 0 saturated heterocycles. The SMILES string of the molecule is COc1ccccc1Nc1nc(N)nc(CSC(C)C(=O)Nc2ccc(F)c(F)c2)n1. The lowest BCUT2D eigenvalue weighted by molar-refractivity contribution is -0.115. The van der Waals surface area contributed by atoms with Gasteiger partial charge < -0.3 is 21.1 Å². The largest absolute Gasteiger partial charge is 0.495 e. The molecule has 11 heteroatoms. The molecule has 0 saturated carbocycles. The van der Waals surface area contributed by atoms with Crippen LogP contribution in [0.5, 0.6) is 5.75 Å². The van der Waals surface area contributed by atoms with E-state index < -0.39 is 16.9 Å². The molecule has 3 rings (SSSR count). The molecular weight excluding hydrogens is 426 g/mol. The summed E-state index contributed by atoms with van der Waals surface area (Å²) in [6, 6.07) is 10.4. The zero-order valence-electron chi connectivity index (χ0n) is 16.7. The topological polar surface area (TPSA) is 115 Å². The molecule has 0 aliphatic carbocycles. The fraction of sp³-hybridized carbons (Fsp3) is 0.200. The van der Waals surface area contributed by atoms with E-state index in [2.05, 4.69) is 25.6 Å². The Morgan fingerprint density at radius 1 is 1.16 bits per heavy atom. The van der Waals surface area contributed by atoms with Crippen molar-refractivity contribution < 1.29 is 18.3 Å². The number of methoxy groups -OCH3 is 1. The van der Waals surface area contributed by atoms with Crippen molar-refractivity contribution in [3.8, 4) is 5.75 Å². The first-order valence-electron chi connectivity index (χ1n) is 9.13. The van der Waals surface area contributed by atoms with E-state index in [-0.39, 0.29) is 29.2 Å². The van der Waals surface area contributed by atoms with Crippen molar-refractivity contribution in [3.63, 3.8) is 0 Å². The average Bonchev–Trinajstić information content (AvgIpc) is 2.74. The molecule has 2 aromatic carbocycles. The lowest BCUT2D eigenvalue weighted by atomic mass is 10.3. The van der Waals surface area contributed by atoms with Gasteiger partial charge in [-0.05, 0) is 31.2 Å². The molecule has 1 unspecified atom stereocenters. The summed E-state index contributed by atoms with van der Waals surface area (Å²) < 4.78 is 31.6. The van der Waals surface area contributed by atoms with Gasteiger partial charge in [-0.3, -0.25) is 4.79 Å². The van der Waals surface area contributed by atoms with Gasteiger partial charge in [-0.1, -0.05) is 12.1 Å². The molecule has 0 spiro atoms. The van der Waals surface area contributed by atoms with E-state index in [1.165, 1.54) is 17.8 Å². The number of rotatable bonds is 8. The highest BCUT2D eigenvalue weighted by Gasteiger charge is 2.16. The average molecular weight is 446 g/mol. The normalized spacial score (nSPS) is 11.6. The van der Waals surface area contributed by atoms with Gasteiger partial charge in [-0.2, -0.15) is 15.0 Å². The molecule has 4 N–H and O–H groups in total. The Bertz CT molecular complexity index is 1090. The summed E-state index contributed by atoms with van der Waals surface area (Å²) in [5.41, 5.74) is 6.62. The zero-order chi connectivity index (χ0) is 22.4. The highest BCUT2D eigenvalue weighted by molar-refractivity contribution is 7.99. The maximum absolute atomic E-state index is 13.3. The number of para-hydroxylation sites is 2. The van der Waals surface area contributed by atoms with Gasteiger partial charge in [0, 0.05) is 11.8 Å². The smallest absolute Gasteiger partial charge is 0.237 e. The van der Waals surface area contributed by atoms with Crippen LogP contribution in [-0.2, 0) is 10.5 Å². The van der Waals surface area contributed by atoms with E-state index in [1.54, 1.807) is 26.2 Å². The van der Waals surface area contributed by atoms with E-state index in [9.17, 15) is 13.6 Å². The third kappa shape index (κ3) is 6.01. The first-order valence-corrected chi connectivity index (χ1v) is 10.2. The Balaban J connectivity index is 1.63. The highest BCUT2D eigenvalue weighted by Crippen LogP contribution is 2.26. The van der Waals surface area contributed by atoms with Gasteiger partial charge in [0.2, 0.25) is 17.8 Å². The molecular formula is C20H20F2N6O2S. The van der Waals surface area contributed by atoms with Crippen molar-refractivity contribution in [2.24, 2.45) is 0 Å². The van der Waals surface area contributed by atoms with Gasteiger partial charge in [-0.15, -0.1) is 11.8 Å². The van der Waals surface area contributed by atoms with Crippen molar-refractivity contribution in [2.75, 3.05) is 23.5 Å². The van der Waals surface area contributed by atoms with Crippen LogP contribution >= 0.6 is 11.8 Å². The number of nitrogens with two attached hydrogens (primary N) is 1. The number of nitrogens with zero attached hydrogens (tertiary/aromatic N) is 3. The Kier molecular flexibility index (Phi) is 7.19. The van der Waals surface area contributed by atoms with Crippen LogP contribution in [0.3, 0.4) is 0 Å². The van der Waals surface area contributed by atoms with Crippen molar-refractivity contribution >= 4 is 40.9 Å². The standard InChI is InChI=1S/C20H20F2N6O2S/c1-11(18(29)24-12-7-8-13(21)14(22)9-12)31-10-17-26-19(23)28-20(27-17)25-15-5-3-4-6-16(15)30-2/h3-9,11H,10H2,1-2H3,(H,24,29)(H3,23,25,26,27,28). The van der Waals surface area contributed by atoms with Gasteiger partial charge in [0.1, 0.15) is 11.6 Å². The van der Waals surface area contributed by atoms with Crippen LogP contribution in [0.15, 0.2) is 42.5 Å². The quantitative estimate of drug-likeness (QED) is 0.479. The molecule has 1 aromatic heterocycles. The molecule has 0 fully saturated rings. The summed E-state index contributed by atoms with van der Waals surface area (Å²) in [6.45, 7) is 1.68. The van der Waals surface area contributed by atoms with E-state index in [0.717, 1.165) is 12.1 Å². The van der Waals surface area contributed by atoms with Crippen LogP contribution in [0.1, 0.15) is 12.7 Å². The van der Waals surface area contributed by atoms with E-state index >= 15 is 0 Å². The Morgan fingerprint density at radius 3 is 2.68 bits per heavy atom. The van der Waals surface area contributed by atoms with Crippen LogP contribution in [0.25, 0.3) is 0 Å². The minimum absolute atomic E-state index is 0.0295. The number of nitrogen functional groups attached to an aromatic ring is 1. The number of carbonyl (C=O) groups excluding carboxylic acids is 1. The summed E-state index contributed by atoms with van der Waals surface area (Å²) in [6.07, 6.45) is 0. The van der Waals surface area contributed by atoms with Gasteiger partial charge in [0.05, 0.1) is 23.8 Å². The van der Waals surface area contributed by atoms with Crippen LogP contribution in [0.4, 0.5) is 32.1 Å². The minimum atomic E-state index is -1.03. The van der Waals surface area contributed by atoms with Crippen LogP contribution in [-0.4, -0.2) is 33.2 Å². The summed E-state index contributed by atoms with van der Waals surface area (Å²) in [5, 5.41) is 5.06. The third-order valence-electron chi connectivity index (χ3n) is 4.07. The number of amides is 1. The molecule has 1 atom stereocenters. The fourth-order valence-electron chi connectivity index (χ4n) is 2.52. The molecule has 0 aliphatic heterocycles. The van der Waals surface area contributed by atoms with Crippen molar-refractivity contribution in [1.82, 2.24) is 15.0 Å². The number of aromatic nitrogens is 3. The van der Waals surface area contributed by atoms with Gasteiger partial charge in [-0.25, -0.2) is 8.78 Å². The summed E-state index contributed by atoms with van der Waals surface area (Å²) in [7, 11) is 1.55. The van der Waals surface area contributed by atoms with Crippen molar-refractivity contribution in [1.29, 1.82) is 0 Å². The maximum Gasteiger partial charge on any atom is 0.237 e. The first kappa shape index (κ1) is 22.2. The molecule has 162 valence electrons. The molecule has 3 aromatic rings. The summed E-state index contributed by atoms with van der Waals surface area (Å²) in [5.74, 6) is -0.847. The Hall–Kier alpha value is -3.47. The number of carbonyl (C=O) groups is 1. The molecule has 8 nitrogen and oxygen atoms in total. The van der Waals surface area contributed by atoms with E-state index in [1.807, 2.05) is 12.1 Å². The Labute approximate surface area is 181 Å². The van der Waals surface area contributed by atoms with Gasteiger partial charge in [0.15, 0.2) is 11.6 Å². The maximum atomic E-state index is 13.3. The second-order valence-electron chi connectivity index (χ2n) is 6.33. The monoisotopic (exact) mass is 446 g/mol. The predicted octanol–water partition coefficient (Wildman–Crippen LogP) is 3.74. The summed E-state index contributed by atoms with van der Waals surface area (Å²) >= 11 is 1.25. The number of halogens is 2. The summed E-state index contributed by atoms with van der Waals surface area (Å²) in [4.78, 5) is 24.8. The van der Waals surface area contributed by atoms with E-state index in [0.29, 0.717) is 17.3 Å². The number of benzene rings is 2.